The van der Waals surface area contributed by atoms with Gasteiger partial charge in [-0.25, -0.2) is 9.69 Å². The van der Waals surface area contributed by atoms with E-state index in [2.05, 4.69) is 29.5 Å². The number of anilines is 2. The first-order chi connectivity index (χ1) is 19.1. The monoisotopic (exact) mass is 540 g/mol. The van der Waals surface area contributed by atoms with E-state index in [1.54, 1.807) is 29.8 Å². The van der Waals surface area contributed by atoms with Crippen LogP contribution in [0, 0.1) is 0 Å². The van der Waals surface area contributed by atoms with Gasteiger partial charge < -0.3 is 20.4 Å². The third-order valence-electron chi connectivity index (χ3n) is 8.61. The third kappa shape index (κ3) is 4.33. The maximum Gasteiger partial charge on any atom is 0.332 e. The summed E-state index contributed by atoms with van der Waals surface area (Å²) in [6, 6.07) is 15.2. The molecule has 3 aromatic rings. The standard InChI is InChI=1S/C31H36N6O3/c1-30(2)19-35(27(38)17-34-21-12-13-32-16-21)26-15-22(9-10-24(26)30)37-28(39)31(3,4)36(29(37)40)18-20-11-14-33-25-8-6-5-7-23(20)25/h5-11,14-15,21,32,34H,12-13,16-19H2,1-4H3. The molecule has 4 heterocycles. The molecule has 2 fully saturated rings. The number of hydrogen-bond acceptors (Lipinski definition) is 6. The highest BCUT2D eigenvalue weighted by molar-refractivity contribution is 6.23. The zero-order valence-electron chi connectivity index (χ0n) is 23.5. The fraction of sp³-hybridized carbons (Fsp3) is 0.419. The highest BCUT2D eigenvalue weighted by atomic mass is 16.2. The van der Waals surface area contributed by atoms with Crippen LogP contribution in [0.15, 0.2) is 54.7 Å². The molecule has 9 nitrogen and oxygen atoms in total. The number of carbonyl (C=O) groups is 3. The summed E-state index contributed by atoms with van der Waals surface area (Å²) in [5.41, 5.74) is 2.75. The molecule has 0 bridgehead atoms. The normalized spacial score (nSPS) is 21.5. The first-order valence-corrected chi connectivity index (χ1v) is 14.0. The number of imide groups is 1. The number of carbonyl (C=O) groups excluding carboxylic acids is 3. The Bertz CT molecular complexity index is 1500. The van der Waals surface area contributed by atoms with Crippen molar-refractivity contribution in [3.8, 4) is 0 Å². The molecule has 6 rings (SSSR count). The van der Waals surface area contributed by atoms with Gasteiger partial charge in [0.1, 0.15) is 5.54 Å². The van der Waals surface area contributed by atoms with Crippen LogP contribution in [0.5, 0.6) is 0 Å². The zero-order valence-corrected chi connectivity index (χ0v) is 23.5. The predicted molar refractivity (Wildman–Crippen MR) is 155 cm³/mol. The van der Waals surface area contributed by atoms with Crippen LogP contribution in [-0.2, 0) is 21.5 Å². The second-order valence-corrected chi connectivity index (χ2v) is 12.2. The molecule has 2 N–H and O–H groups in total. The molecule has 0 aliphatic carbocycles. The molecule has 1 unspecified atom stereocenters. The van der Waals surface area contributed by atoms with Crippen LogP contribution >= 0.6 is 0 Å². The van der Waals surface area contributed by atoms with Gasteiger partial charge in [-0.05, 0) is 62.2 Å². The van der Waals surface area contributed by atoms with Crippen LogP contribution in [0.4, 0.5) is 16.2 Å². The first kappa shape index (κ1) is 26.4. The van der Waals surface area contributed by atoms with E-state index in [1.165, 1.54) is 4.90 Å². The minimum Gasteiger partial charge on any atom is -0.315 e. The Kier molecular flexibility index (Phi) is 6.39. The van der Waals surface area contributed by atoms with Gasteiger partial charge in [-0.1, -0.05) is 38.1 Å². The Morgan fingerprint density at radius 1 is 1.10 bits per heavy atom. The summed E-state index contributed by atoms with van der Waals surface area (Å²) < 4.78 is 0. The fourth-order valence-corrected chi connectivity index (χ4v) is 6.19. The highest BCUT2D eigenvalue weighted by Crippen LogP contribution is 2.44. The average Bonchev–Trinajstić information content (AvgIpc) is 3.59. The van der Waals surface area contributed by atoms with Gasteiger partial charge in [-0.3, -0.25) is 14.6 Å². The molecule has 0 saturated carbocycles. The number of urea groups is 1. The summed E-state index contributed by atoms with van der Waals surface area (Å²) in [6.07, 6.45) is 2.73. The molecule has 2 saturated heterocycles. The van der Waals surface area contributed by atoms with E-state index in [1.807, 2.05) is 48.5 Å². The van der Waals surface area contributed by atoms with Gasteiger partial charge in [-0.2, -0.15) is 0 Å². The van der Waals surface area contributed by atoms with Gasteiger partial charge in [0.2, 0.25) is 5.91 Å². The molecule has 40 heavy (non-hydrogen) atoms. The lowest BCUT2D eigenvalue weighted by atomic mass is 9.87. The average molecular weight is 541 g/mol. The minimum absolute atomic E-state index is 0.0125. The van der Waals surface area contributed by atoms with Crippen LogP contribution in [0.25, 0.3) is 10.9 Å². The molecular weight excluding hydrogens is 504 g/mol. The number of nitrogens with one attached hydrogen (secondary N) is 2. The molecular formula is C31H36N6O3. The Morgan fingerprint density at radius 2 is 1.90 bits per heavy atom. The fourth-order valence-electron chi connectivity index (χ4n) is 6.19. The molecule has 3 aliphatic heterocycles. The molecule has 208 valence electrons. The number of aromatic nitrogens is 1. The van der Waals surface area contributed by atoms with Crippen molar-refractivity contribution in [2.24, 2.45) is 0 Å². The molecule has 1 atom stereocenters. The van der Waals surface area contributed by atoms with Gasteiger partial charge in [0.15, 0.2) is 0 Å². The topological polar surface area (TPSA) is 97.9 Å². The Hall–Kier alpha value is -3.82. The second kappa shape index (κ2) is 9.67. The number of amides is 4. The van der Waals surface area contributed by atoms with E-state index in [9.17, 15) is 14.4 Å². The maximum atomic E-state index is 13.9. The van der Waals surface area contributed by atoms with Crippen molar-refractivity contribution >= 4 is 40.1 Å². The first-order valence-electron chi connectivity index (χ1n) is 14.0. The summed E-state index contributed by atoms with van der Waals surface area (Å²) in [6.45, 7) is 10.7. The van der Waals surface area contributed by atoms with Gasteiger partial charge in [0.05, 0.1) is 17.7 Å². The lowest BCUT2D eigenvalue weighted by molar-refractivity contribution is -0.123. The summed E-state index contributed by atoms with van der Waals surface area (Å²) in [4.78, 5) is 50.1. The number of pyridine rings is 1. The summed E-state index contributed by atoms with van der Waals surface area (Å²) >= 11 is 0. The van der Waals surface area contributed by atoms with Crippen molar-refractivity contribution in [3.05, 3.63) is 65.9 Å². The smallest absolute Gasteiger partial charge is 0.315 e. The number of nitrogens with zero attached hydrogens (tertiary/aromatic N) is 4. The number of para-hydroxylation sites is 1. The van der Waals surface area contributed by atoms with Crippen molar-refractivity contribution in [2.45, 2.75) is 57.7 Å². The predicted octanol–water partition coefficient (Wildman–Crippen LogP) is 3.56. The highest BCUT2D eigenvalue weighted by Gasteiger charge is 2.52. The van der Waals surface area contributed by atoms with Crippen LogP contribution < -0.4 is 20.4 Å². The Morgan fingerprint density at radius 3 is 2.67 bits per heavy atom. The maximum absolute atomic E-state index is 13.9. The minimum atomic E-state index is -1.05. The van der Waals surface area contributed by atoms with Crippen LogP contribution in [0.3, 0.4) is 0 Å². The van der Waals surface area contributed by atoms with Crippen LogP contribution in [0.1, 0.15) is 45.2 Å². The zero-order chi connectivity index (χ0) is 28.2. The molecule has 1 aromatic heterocycles. The summed E-state index contributed by atoms with van der Waals surface area (Å²) in [5, 5.41) is 7.63. The van der Waals surface area contributed by atoms with Crippen molar-refractivity contribution in [3.63, 3.8) is 0 Å². The van der Waals surface area contributed by atoms with E-state index >= 15 is 0 Å². The van der Waals surface area contributed by atoms with Gasteiger partial charge in [0.25, 0.3) is 5.91 Å². The third-order valence-corrected chi connectivity index (χ3v) is 8.61. The van der Waals surface area contributed by atoms with Gasteiger partial charge in [0, 0.05) is 48.4 Å². The molecule has 9 heteroatoms. The van der Waals surface area contributed by atoms with E-state index in [0.29, 0.717) is 12.2 Å². The largest absolute Gasteiger partial charge is 0.332 e. The Labute approximate surface area is 234 Å². The van der Waals surface area contributed by atoms with E-state index in [4.69, 9.17) is 0 Å². The molecule has 2 aromatic carbocycles. The van der Waals surface area contributed by atoms with E-state index < -0.39 is 5.54 Å². The quantitative estimate of drug-likeness (QED) is 0.464. The lowest BCUT2D eigenvalue weighted by Crippen LogP contribution is -2.43. The number of rotatable bonds is 6. The summed E-state index contributed by atoms with van der Waals surface area (Å²) in [5.74, 6) is -0.303. The summed E-state index contributed by atoms with van der Waals surface area (Å²) in [7, 11) is 0. The SMILES string of the molecule is CC1(C)CN(C(=O)CNC2CCNC2)c2cc(N3C(=O)N(Cc4ccnc5ccccc45)C(C)(C)C3=O)ccc21. The van der Waals surface area contributed by atoms with E-state index in [0.717, 1.165) is 47.2 Å². The molecule has 0 spiro atoms. The van der Waals surface area contributed by atoms with Crippen LogP contribution in [-0.4, -0.2) is 65.5 Å². The molecule has 4 amide bonds. The number of fused-ring (bicyclic) bond motifs is 2. The number of hydrogen-bond donors (Lipinski definition) is 2. The van der Waals surface area contributed by atoms with E-state index in [-0.39, 0.29) is 42.4 Å². The second-order valence-electron chi connectivity index (χ2n) is 12.2. The molecule has 3 aliphatic rings. The lowest BCUT2D eigenvalue weighted by Gasteiger charge is -2.28. The van der Waals surface area contributed by atoms with Crippen molar-refractivity contribution in [1.82, 2.24) is 20.5 Å². The van der Waals surface area contributed by atoms with Gasteiger partial charge in [-0.15, -0.1) is 0 Å². The van der Waals surface area contributed by atoms with Crippen molar-refractivity contribution < 1.29 is 14.4 Å². The molecule has 0 radical (unpaired) electrons. The number of benzene rings is 2. The van der Waals surface area contributed by atoms with Crippen molar-refractivity contribution in [1.29, 1.82) is 0 Å². The van der Waals surface area contributed by atoms with Crippen molar-refractivity contribution in [2.75, 3.05) is 36.0 Å². The van der Waals surface area contributed by atoms with Gasteiger partial charge >= 0.3 is 6.03 Å². The van der Waals surface area contributed by atoms with Crippen LogP contribution in [0.2, 0.25) is 0 Å². The Balaban J connectivity index is 1.30.